The van der Waals surface area contributed by atoms with E-state index in [1.54, 1.807) is 21.5 Å². The van der Waals surface area contributed by atoms with Crippen molar-refractivity contribution in [3.8, 4) is 5.69 Å². The number of halogens is 1. The maximum atomic E-state index is 13.6. The molecule has 6 heteroatoms. The Morgan fingerprint density at radius 2 is 2.24 bits per heavy atom. The minimum atomic E-state index is -0.309. The van der Waals surface area contributed by atoms with Gasteiger partial charge >= 0.3 is 0 Å². The Bertz CT molecular complexity index is 752. The van der Waals surface area contributed by atoms with E-state index >= 15 is 0 Å². The minimum absolute atomic E-state index is 0.309. The lowest BCUT2D eigenvalue weighted by Crippen LogP contribution is -1.92. The molecule has 0 unspecified atom stereocenters. The molecule has 86 valence electrons. The number of nitrogens with zero attached hydrogens (tertiary/aromatic N) is 3. The number of imidazole rings is 1. The Morgan fingerprint density at radius 1 is 1.41 bits per heavy atom. The summed E-state index contributed by atoms with van der Waals surface area (Å²) in [5.74, 6) is -0.309. The molecule has 0 atom stereocenters. The van der Waals surface area contributed by atoms with E-state index in [1.807, 2.05) is 19.3 Å². The number of H-pyrrole nitrogens is 1. The number of hydrogen-bond acceptors (Lipinski definition) is 2. The van der Waals surface area contributed by atoms with Crippen LogP contribution in [0.5, 0.6) is 0 Å². The van der Waals surface area contributed by atoms with Crippen molar-refractivity contribution in [1.82, 2.24) is 19.3 Å². The first-order chi connectivity index (χ1) is 8.16. The fourth-order valence-electron chi connectivity index (χ4n) is 1.88. The van der Waals surface area contributed by atoms with E-state index in [0.29, 0.717) is 15.8 Å². The predicted molar refractivity (Wildman–Crippen MR) is 65.2 cm³/mol. The molecule has 0 bridgehead atoms. The van der Waals surface area contributed by atoms with E-state index in [1.165, 1.54) is 6.07 Å². The number of rotatable bonds is 1. The van der Waals surface area contributed by atoms with Crippen LogP contribution in [0.25, 0.3) is 16.7 Å². The van der Waals surface area contributed by atoms with Crippen LogP contribution in [0.4, 0.5) is 4.39 Å². The molecule has 3 aromatic rings. The molecule has 0 fully saturated rings. The van der Waals surface area contributed by atoms with Crippen molar-refractivity contribution in [3.63, 3.8) is 0 Å². The fraction of sp³-hybridized carbons (Fsp3) is 0.0909. The minimum Gasteiger partial charge on any atom is -0.328 e. The van der Waals surface area contributed by atoms with Crippen molar-refractivity contribution in [2.75, 3.05) is 0 Å². The van der Waals surface area contributed by atoms with E-state index in [2.05, 4.69) is 10.1 Å². The Labute approximate surface area is 101 Å². The van der Waals surface area contributed by atoms with Gasteiger partial charge in [0.05, 0.1) is 17.4 Å². The van der Waals surface area contributed by atoms with Crippen molar-refractivity contribution in [3.05, 3.63) is 41.2 Å². The third kappa shape index (κ3) is 1.49. The Hall–Kier alpha value is -1.95. The first kappa shape index (κ1) is 10.2. The summed E-state index contributed by atoms with van der Waals surface area (Å²) in [4.78, 5) is 2.87. The highest BCUT2D eigenvalue weighted by Gasteiger charge is 2.10. The second kappa shape index (κ2) is 3.53. The maximum Gasteiger partial charge on any atom is 0.182 e. The summed E-state index contributed by atoms with van der Waals surface area (Å²) in [6.45, 7) is 0. The van der Waals surface area contributed by atoms with Crippen molar-refractivity contribution in [2.24, 2.45) is 7.05 Å². The molecular formula is C11H9FN4S. The zero-order chi connectivity index (χ0) is 12.0. The fourth-order valence-corrected chi connectivity index (χ4v) is 2.18. The van der Waals surface area contributed by atoms with Crippen LogP contribution in [0, 0.1) is 10.6 Å². The molecule has 0 aliphatic rings. The monoisotopic (exact) mass is 248 g/mol. The number of hydrogen-bond donors (Lipinski definition) is 1. The van der Waals surface area contributed by atoms with Crippen molar-refractivity contribution >= 4 is 23.3 Å². The van der Waals surface area contributed by atoms with Crippen LogP contribution < -0.4 is 0 Å². The first-order valence-electron chi connectivity index (χ1n) is 5.05. The van der Waals surface area contributed by atoms with E-state index in [9.17, 15) is 4.39 Å². The van der Waals surface area contributed by atoms with Crippen LogP contribution in [-0.2, 0) is 7.05 Å². The van der Waals surface area contributed by atoms with Gasteiger partial charge in [-0.3, -0.25) is 9.25 Å². The molecule has 0 aliphatic heterocycles. The van der Waals surface area contributed by atoms with Gasteiger partial charge in [-0.1, -0.05) is 6.07 Å². The number of aromatic amines is 1. The Kier molecular flexibility index (Phi) is 2.12. The third-order valence-electron chi connectivity index (χ3n) is 2.62. The lowest BCUT2D eigenvalue weighted by molar-refractivity contribution is 0.637. The lowest BCUT2D eigenvalue weighted by atomic mass is 10.3. The lowest BCUT2D eigenvalue weighted by Gasteiger charge is -1.99. The molecule has 2 heterocycles. The molecule has 0 aliphatic carbocycles. The summed E-state index contributed by atoms with van der Waals surface area (Å²) in [6.07, 6.45) is 3.52. The zero-order valence-electron chi connectivity index (χ0n) is 9.01. The van der Waals surface area contributed by atoms with Crippen molar-refractivity contribution in [1.29, 1.82) is 0 Å². The van der Waals surface area contributed by atoms with Gasteiger partial charge in [0.25, 0.3) is 0 Å². The van der Waals surface area contributed by atoms with Gasteiger partial charge in [-0.15, -0.1) is 0 Å². The summed E-state index contributed by atoms with van der Waals surface area (Å²) < 4.78 is 17.5. The largest absolute Gasteiger partial charge is 0.328 e. The number of aryl methyl sites for hydroxylation is 1. The zero-order valence-corrected chi connectivity index (χ0v) is 9.83. The van der Waals surface area contributed by atoms with E-state index in [-0.39, 0.29) is 5.82 Å². The summed E-state index contributed by atoms with van der Waals surface area (Å²) in [6, 6.07) is 4.88. The maximum absolute atomic E-state index is 13.6. The van der Waals surface area contributed by atoms with Gasteiger partial charge in [0, 0.05) is 13.2 Å². The standard InChI is InChI=1S/C11H9FN4S/c1-15-6-7(5-13-15)16-9-4-2-3-8(12)10(9)14-11(16)17/h2-6H,1H3,(H,14,17). The highest BCUT2D eigenvalue weighted by molar-refractivity contribution is 7.71. The van der Waals surface area contributed by atoms with Crippen LogP contribution >= 0.6 is 12.2 Å². The predicted octanol–water partition coefficient (Wildman–Crippen LogP) is 2.56. The normalized spacial score (nSPS) is 11.2. The van der Waals surface area contributed by atoms with E-state index in [0.717, 1.165) is 5.69 Å². The molecule has 0 spiro atoms. The average Bonchev–Trinajstić information content (AvgIpc) is 2.82. The van der Waals surface area contributed by atoms with Crippen LogP contribution in [-0.4, -0.2) is 19.3 Å². The second-order valence-electron chi connectivity index (χ2n) is 3.77. The molecule has 2 aromatic heterocycles. The molecule has 0 amide bonds. The smallest absolute Gasteiger partial charge is 0.182 e. The summed E-state index contributed by atoms with van der Waals surface area (Å²) in [5, 5.41) is 4.08. The molecule has 1 aromatic carbocycles. The SMILES string of the molecule is Cn1cc(-n2c(=S)[nH]c3c(F)cccc32)cn1. The number of benzene rings is 1. The highest BCUT2D eigenvalue weighted by Crippen LogP contribution is 2.20. The number of para-hydroxylation sites is 1. The Balaban J connectivity index is 2.40. The highest BCUT2D eigenvalue weighted by atomic mass is 32.1. The van der Waals surface area contributed by atoms with E-state index < -0.39 is 0 Å². The van der Waals surface area contributed by atoms with Crippen molar-refractivity contribution < 1.29 is 4.39 Å². The molecule has 0 saturated heterocycles. The van der Waals surface area contributed by atoms with Gasteiger partial charge in [-0.25, -0.2) is 4.39 Å². The van der Waals surface area contributed by atoms with Crippen LogP contribution in [0.1, 0.15) is 0 Å². The van der Waals surface area contributed by atoms with Gasteiger partial charge < -0.3 is 4.98 Å². The van der Waals surface area contributed by atoms with Gasteiger partial charge in [0.2, 0.25) is 0 Å². The van der Waals surface area contributed by atoms with Crippen molar-refractivity contribution in [2.45, 2.75) is 0 Å². The van der Waals surface area contributed by atoms with Gasteiger partial charge in [0.1, 0.15) is 11.3 Å². The van der Waals surface area contributed by atoms with Crippen LogP contribution in [0.3, 0.4) is 0 Å². The third-order valence-corrected chi connectivity index (χ3v) is 2.90. The average molecular weight is 248 g/mol. The van der Waals surface area contributed by atoms with Crippen LogP contribution in [0.15, 0.2) is 30.6 Å². The number of nitrogens with one attached hydrogen (secondary N) is 1. The molecule has 1 N–H and O–H groups in total. The summed E-state index contributed by atoms with van der Waals surface area (Å²) in [5.41, 5.74) is 1.94. The molecule has 3 rings (SSSR count). The molecule has 0 saturated carbocycles. The number of aromatic nitrogens is 4. The second-order valence-corrected chi connectivity index (χ2v) is 4.16. The van der Waals surface area contributed by atoms with Gasteiger partial charge in [-0.2, -0.15) is 5.10 Å². The summed E-state index contributed by atoms with van der Waals surface area (Å²) in [7, 11) is 1.82. The summed E-state index contributed by atoms with van der Waals surface area (Å²) >= 11 is 5.21. The Morgan fingerprint density at radius 3 is 2.94 bits per heavy atom. The molecule has 0 radical (unpaired) electrons. The quantitative estimate of drug-likeness (QED) is 0.672. The van der Waals surface area contributed by atoms with Gasteiger partial charge in [0.15, 0.2) is 4.77 Å². The molecule has 17 heavy (non-hydrogen) atoms. The number of fused-ring (bicyclic) bond motifs is 1. The molecule has 4 nitrogen and oxygen atoms in total. The van der Waals surface area contributed by atoms with Crippen LogP contribution in [0.2, 0.25) is 0 Å². The van der Waals surface area contributed by atoms with Gasteiger partial charge in [-0.05, 0) is 24.4 Å². The first-order valence-corrected chi connectivity index (χ1v) is 5.46. The molecular weight excluding hydrogens is 239 g/mol. The topological polar surface area (TPSA) is 38.5 Å². The van der Waals surface area contributed by atoms with E-state index in [4.69, 9.17) is 12.2 Å².